The molecule has 0 aliphatic heterocycles. The number of pyridine rings is 2. The van der Waals surface area contributed by atoms with Crippen LogP contribution in [0.3, 0.4) is 0 Å². The second-order valence-electron chi connectivity index (χ2n) is 8.13. The van der Waals surface area contributed by atoms with Gasteiger partial charge in [-0.15, -0.1) is 0 Å². The van der Waals surface area contributed by atoms with Crippen molar-refractivity contribution >= 4 is 38.8 Å². The maximum absolute atomic E-state index is 13.3. The van der Waals surface area contributed by atoms with Crippen LogP contribution in [0.15, 0.2) is 83.6 Å². The van der Waals surface area contributed by atoms with Crippen molar-refractivity contribution in [1.29, 1.82) is 0 Å². The van der Waals surface area contributed by atoms with E-state index in [1.807, 2.05) is 12.1 Å². The van der Waals surface area contributed by atoms with Gasteiger partial charge in [-0.1, -0.05) is 28.1 Å². The molecule has 0 atom stereocenters. The monoisotopic (exact) mass is 566 g/mol. The van der Waals surface area contributed by atoms with Gasteiger partial charge in [-0.25, -0.2) is 15.0 Å². The maximum atomic E-state index is 13.3. The average Bonchev–Trinajstić information content (AvgIpc) is 3.26. The van der Waals surface area contributed by atoms with Gasteiger partial charge in [0.05, 0.1) is 11.1 Å². The van der Waals surface area contributed by atoms with Crippen LogP contribution in [0.2, 0.25) is 0 Å². The Morgan fingerprint density at radius 1 is 1.03 bits per heavy atom. The molecular weight excluding hydrogens is 549 g/mol. The van der Waals surface area contributed by atoms with Gasteiger partial charge < -0.3 is 11.1 Å². The number of hydrogen-bond donors (Lipinski definition) is 2. The Bertz CT molecular complexity index is 1600. The number of imidazole rings is 1. The third-order valence-electron chi connectivity index (χ3n) is 5.66. The molecule has 7 nitrogen and oxygen atoms in total. The quantitative estimate of drug-likeness (QED) is 0.281. The number of amides is 1. The molecule has 3 aromatic heterocycles. The first-order chi connectivity index (χ1) is 17.7. The number of fused-ring (bicyclic) bond motifs is 1. The molecule has 3 N–H and O–H groups in total. The Morgan fingerprint density at radius 2 is 1.76 bits per heavy atom. The normalized spacial score (nSPS) is 11.6. The molecule has 0 bridgehead atoms. The summed E-state index contributed by atoms with van der Waals surface area (Å²) in [5.41, 5.74) is 7.90. The zero-order valence-corrected chi connectivity index (χ0v) is 20.6. The summed E-state index contributed by atoms with van der Waals surface area (Å²) in [4.78, 5) is 25.0. The van der Waals surface area contributed by atoms with Crippen LogP contribution >= 0.6 is 15.9 Å². The Balaban J connectivity index is 1.49. The van der Waals surface area contributed by atoms with Crippen molar-refractivity contribution < 1.29 is 18.0 Å². The van der Waals surface area contributed by atoms with Crippen molar-refractivity contribution in [3.05, 3.63) is 100 Å². The summed E-state index contributed by atoms with van der Waals surface area (Å²) in [7, 11) is 0. The topological polar surface area (TPSA) is 98.7 Å². The van der Waals surface area contributed by atoms with Gasteiger partial charge in [-0.3, -0.25) is 9.36 Å². The molecule has 0 saturated carbocycles. The Hall–Kier alpha value is -4.25. The molecule has 5 aromatic rings. The molecule has 0 fully saturated rings. The second-order valence-corrected chi connectivity index (χ2v) is 9.04. The summed E-state index contributed by atoms with van der Waals surface area (Å²) in [5, 5.41) is 2.87. The Morgan fingerprint density at radius 3 is 2.43 bits per heavy atom. The third kappa shape index (κ3) is 5.03. The summed E-state index contributed by atoms with van der Waals surface area (Å²) in [5.74, 6) is 0.280. The van der Waals surface area contributed by atoms with Crippen LogP contribution in [-0.4, -0.2) is 25.4 Å². The number of rotatable bonds is 5. The van der Waals surface area contributed by atoms with Crippen LogP contribution in [0.4, 0.5) is 19.0 Å². The number of aromatic nitrogens is 4. The van der Waals surface area contributed by atoms with E-state index >= 15 is 0 Å². The van der Waals surface area contributed by atoms with Gasteiger partial charge in [0.25, 0.3) is 5.91 Å². The molecule has 0 aliphatic rings. The maximum Gasteiger partial charge on any atom is 0.417 e. The van der Waals surface area contributed by atoms with Crippen LogP contribution in [0, 0.1) is 0 Å². The van der Waals surface area contributed by atoms with E-state index in [0.717, 1.165) is 22.3 Å². The molecule has 3 heterocycles. The van der Waals surface area contributed by atoms with E-state index in [2.05, 4.69) is 36.2 Å². The fraction of sp³-hybridized carbons (Fsp3) is 0.0769. The summed E-state index contributed by atoms with van der Waals surface area (Å²) in [6, 6.07) is 18.5. The molecule has 0 spiro atoms. The van der Waals surface area contributed by atoms with Gasteiger partial charge in [-0.2, -0.15) is 13.2 Å². The highest BCUT2D eigenvalue weighted by Crippen LogP contribution is 2.34. The van der Waals surface area contributed by atoms with Crippen LogP contribution in [-0.2, 0) is 12.7 Å². The van der Waals surface area contributed by atoms with Crippen molar-refractivity contribution in [3.8, 4) is 17.1 Å². The second kappa shape index (κ2) is 9.66. The lowest BCUT2D eigenvalue weighted by Gasteiger charge is -2.12. The molecule has 11 heteroatoms. The molecule has 2 aromatic carbocycles. The highest BCUT2D eigenvalue weighted by atomic mass is 79.9. The van der Waals surface area contributed by atoms with Gasteiger partial charge in [0.2, 0.25) is 0 Å². The molecule has 0 aliphatic carbocycles. The number of halogens is 4. The third-order valence-corrected chi connectivity index (χ3v) is 6.19. The molecule has 1 amide bonds. The van der Waals surface area contributed by atoms with E-state index in [1.54, 1.807) is 53.1 Å². The number of hydrogen-bond acceptors (Lipinski definition) is 5. The minimum atomic E-state index is -4.55. The van der Waals surface area contributed by atoms with E-state index in [1.165, 1.54) is 6.20 Å². The van der Waals surface area contributed by atoms with Gasteiger partial charge in [0.15, 0.2) is 11.5 Å². The smallest absolute Gasteiger partial charge is 0.383 e. The number of nitrogens with two attached hydrogens (primary N) is 1. The van der Waals surface area contributed by atoms with E-state index in [9.17, 15) is 18.0 Å². The van der Waals surface area contributed by atoms with Crippen molar-refractivity contribution in [2.45, 2.75) is 12.7 Å². The largest absolute Gasteiger partial charge is 0.417 e. The molecule has 0 saturated heterocycles. The number of nitrogen functional groups attached to an aromatic ring is 1. The number of nitrogens with zero attached hydrogens (tertiary/aromatic N) is 4. The SMILES string of the molecule is Nc1ncccc1-c1nc2cc(C(F)(F)F)cnc2n1-c1ccc(CNC(=O)c2ccc(Br)cc2)cc1. The number of alkyl halides is 3. The van der Waals surface area contributed by atoms with Crippen LogP contribution in [0.1, 0.15) is 21.5 Å². The first-order valence-electron chi connectivity index (χ1n) is 11.0. The van der Waals surface area contributed by atoms with Crippen LogP contribution in [0.25, 0.3) is 28.2 Å². The standard InChI is InChI=1S/C26H18BrF3N6O/c27-18-7-5-16(6-8-18)25(37)34-13-15-3-9-19(10-4-15)36-23(20-2-1-11-32-22(20)31)35-21-12-17(26(28,29)30)14-33-24(21)36/h1-12,14H,13H2,(H2,31,32)(H,34,37). The van der Waals surface area contributed by atoms with Gasteiger partial charge >= 0.3 is 6.18 Å². The van der Waals surface area contributed by atoms with Crippen molar-refractivity contribution in [2.24, 2.45) is 0 Å². The number of carbonyl (C=O) groups excluding carboxylic acids is 1. The molecular formula is C26H18BrF3N6O. The van der Waals surface area contributed by atoms with Crippen LogP contribution < -0.4 is 11.1 Å². The predicted molar refractivity (Wildman–Crippen MR) is 137 cm³/mol. The first-order valence-corrected chi connectivity index (χ1v) is 11.8. The predicted octanol–water partition coefficient (Wildman–Crippen LogP) is 5.78. The minimum Gasteiger partial charge on any atom is -0.383 e. The fourth-order valence-electron chi connectivity index (χ4n) is 3.80. The number of carbonyl (C=O) groups is 1. The zero-order chi connectivity index (χ0) is 26.2. The highest BCUT2D eigenvalue weighted by Gasteiger charge is 2.32. The zero-order valence-electron chi connectivity index (χ0n) is 19.0. The molecule has 0 unspecified atom stereocenters. The summed E-state index contributed by atoms with van der Waals surface area (Å²) in [6.45, 7) is 0.287. The van der Waals surface area contributed by atoms with Crippen molar-refractivity contribution in [1.82, 2.24) is 24.8 Å². The molecule has 37 heavy (non-hydrogen) atoms. The van der Waals surface area contributed by atoms with Gasteiger partial charge in [0.1, 0.15) is 11.3 Å². The Kier molecular flexibility index (Phi) is 6.38. The fourth-order valence-corrected chi connectivity index (χ4v) is 4.06. The van der Waals surface area contributed by atoms with Crippen LogP contribution in [0.5, 0.6) is 0 Å². The summed E-state index contributed by atoms with van der Waals surface area (Å²) >= 11 is 3.34. The average molecular weight is 567 g/mol. The molecule has 186 valence electrons. The van der Waals surface area contributed by atoms with Gasteiger partial charge in [0, 0.05) is 34.7 Å². The Labute approximate surface area is 217 Å². The minimum absolute atomic E-state index is 0.0684. The molecule has 0 radical (unpaired) electrons. The number of benzene rings is 2. The first kappa shape index (κ1) is 24.4. The molecule has 5 rings (SSSR count). The van der Waals surface area contributed by atoms with E-state index in [4.69, 9.17) is 5.73 Å². The van der Waals surface area contributed by atoms with E-state index < -0.39 is 11.7 Å². The summed E-state index contributed by atoms with van der Waals surface area (Å²) < 4.78 is 42.4. The van der Waals surface area contributed by atoms with Gasteiger partial charge in [-0.05, 0) is 60.2 Å². The van der Waals surface area contributed by atoms with E-state index in [-0.39, 0.29) is 29.4 Å². The number of anilines is 1. The number of nitrogens with one attached hydrogen (secondary N) is 1. The van der Waals surface area contributed by atoms with Crippen molar-refractivity contribution in [2.75, 3.05) is 5.73 Å². The lowest BCUT2D eigenvalue weighted by atomic mass is 10.1. The van der Waals surface area contributed by atoms with Crippen molar-refractivity contribution in [3.63, 3.8) is 0 Å². The summed E-state index contributed by atoms with van der Waals surface area (Å²) in [6.07, 6.45) is -2.26. The van der Waals surface area contributed by atoms with E-state index in [0.29, 0.717) is 22.6 Å². The lowest BCUT2D eigenvalue weighted by Crippen LogP contribution is -2.22. The highest BCUT2D eigenvalue weighted by molar-refractivity contribution is 9.10. The lowest BCUT2D eigenvalue weighted by molar-refractivity contribution is -0.137.